The minimum absolute atomic E-state index is 0.135. The second-order valence-corrected chi connectivity index (χ2v) is 10.7. The number of carbonyl (C=O) groups is 1. The number of rotatable bonds is 10. The Morgan fingerprint density at radius 3 is 2.17 bits per heavy atom. The lowest BCUT2D eigenvalue weighted by atomic mass is 9.64. The largest absolute Gasteiger partial charge is 0.455 e. The quantitative estimate of drug-likeness (QED) is 0.358. The Balaban J connectivity index is 2.34. The smallest absolute Gasteiger partial charge is 0.338 e. The lowest BCUT2D eigenvalue weighted by molar-refractivity contribution is -0.0397. The molecule has 0 amide bonds. The van der Waals surface area contributed by atoms with E-state index >= 15 is 0 Å². The molecule has 0 radical (unpaired) electrons. The van der Waals surface area contributed by atoms with Crippen LogP contribution in [0.3, 0.4) is 0 Å². The molecule has 0 bridgehead atoms. The first-order chi connectivity index (χ1) is 14.1. The van der Waals surface area contributed by atoms with Gasteiger partial charge in [-0.15, -0.1) is 0 Å². The van der Waals surface area contributed by atoms with Crippen LogP contribution in [-0.4, -0.2) is 11.6 Å². The standard InChI is InChI=1S/C28H46O2/c1-8-26(5,6)21-24(27(7,9-2)10-3)22-16-15-17-23(20-22)25(29)30-28(11-4)18-13-12-14-19-28/h15-17,20,24H,8-14,18-19,21H2,1-7H3. The van der Waals surface area contributed by atoms with Gasteiger partial charge in [-0.1, -0.05) is 86.3 Å². The van der Waals surface area contributed by atoms with Gasteiger partial charge in [0, 0.05) is 0 Å². The molecule has 1 saturated carbocycles. The van der Waals surface area contributed by atoms with Crippen molar-refractivity contribution in [3.63, 3.8) is 0 Å². The van der Waals surface area contributed by atoms with Gasteiger partial charge in [0.05, 0.1) is 5.56 Å². The lowest BCUT2D eigenvalue weighted by Gasteiger charge is -2.41. The third kappa shape index (κ3) is 5.89. The maximum atomic E-state index is 13.2. The third-order valence-corrected chi connectivity index (χ3v) is 8.41. The summed E-state index contributed by atoms with van der Waals surface area (Å²) in [7, 11) is 0. The summed E-state index contributed by atoms with van der Waals surface area (Å²) in [6.07, 6.45) is 11.1. The Morgan fingerprint density at radius 1 is 1.00 bits per heavy atom. The van der Waals surface area contributed by atoms with Gasteiger partial charge in [-0.2, -0.15) is 0 Å². The molecule has 0 aromatic heterocycles. The van der Waals surface area contributed by atoms with Gasteiger partial charge in [-0.25, -0.2) is 4.79 Å². The summed E-state index contributed by atoms with van der Waals surface area (Å²) in [6.45, 7) is 16.2. The van der Waals surface area contributed by atoms with Crippen LogP contribution >= 0.6 is 0 Å². The predicted molar refractivity (Wildman–Crippen MR) is 128 cm³/mol. The van der Waals surface area contributed by atoms with E-state index in [0.29, 0.717) is 5.92 Å². The first-order valence-corrected chi connectivity index (χ1v) is 12.5. The van der Waals surface area contributed by atoms with Crippen LogP contribution in [0, 0.1) is 10.8 Å². The molecular weight excluding hydrogens is 368 g/mol. The van der Waals surface area contributed by atoms with Crippen molar-refractivity contribution in [2.75, 3.05) is 0 Å². The Labute approximate surface area is 186 Å². The van der Waals surface area contributed by atoms with Crippen molar-refractivity contribution in [2.45, 2.75) is 124 Å². The summed E-state index contributed by atoms with van der Waals surface area (Å²) >= 11 is 0. The van der Waals surface area contributed by atoms with Crippen LogP contribution in [-0.2, 0) is 4.74 Å². The Bertz CT molecular complexity index is 678. The van der Waals surface area contributed by atoms with E-state index in [1.54, 1.807) is 0 Å². The van der Waals surface area contributed by atoms with Gasteiger partial charge in [0.2, 0.25) is 0 Å². The van der Waals surface area contributed by atoms with E-state index in [4.69, 9.17) is 4.74 Å². The molecule has 0 spiro atoms. The van der Waals surface area contributed by atoms with Crippen LogP contribution in [0.15, 0.2) is 24.3 Å². The second kappa shape index (κ2) is 10.3. The highest BCUT2D eigenvalue weighted by Crippen LogP contribution is 2.48. The van der Waals surface area contributed by atoms with Crippen molar-refractivity contribution in [3.05, 3.63) is 35.4 Å². The summed E-state index contributed by atoms with van der Waals surface area (Å²) in [5.41, 5.74) is 2.27. The lowest BCUT2D eigenvalue weighted by Crippen LogP contribution is -2.36. The third-order valence-electron chi connectivity index (χ3n) is 8.41. The van der Waals surface area contributed by atoms with Gasteiger partial charge >= 0.3 is 5.97 Å². The minimum Gasteiger partial charge on any atom is -0.455 e. The maximum absolute atomic E-state index is 13.2. The SMILES string of the molecule is CCC(C)(C)CC(c1cccc(C(=O)OC2(CC)CCCCC2)c1)C(C)(CC)CC. The summed E-state index contributed by atoms with van der Waals surface area (Å²) in [4.78, 5) is 13.2. The monoisotopic (exact) mass is 414 g/mol. The van der Waals surface area contributed by atoms with E-state index in [-0.39, 0.29) is 22.4 Å². The van der Waals surface area contributed by atoms with Crippen LogP contribution < -0.4 is 0 Å². The molecule has 2 nitrogen and oxygen atoms in total. The molecule has 1 aromatic rings. The van der Waals surface area contributed by atoms with Crippen molar-refractivity contribution in [1.29, 1.82) is 0 Å². The van der Waals surface area contributed by atoms with E-state index in [1.807, 2.05) is 6.07 Å². The highest BCUT2D eigenvalue weighted by Gasteiger charge is 2.37. The zero-order valence-electron chi connectivity index (χ0n) is 20.8. The van der Waals surface area contributed by atoms with Crippen LogP contribution in [0.2, 0.25) is 0 Å². The summed E-state index contributed by atoms with van der Waals surface area (Å²) in [6, 6.07) is 8.36. The molecule has 1 fully saturated rings. The second-order valence-electron chi connectivity index (χ2n) is 10.7. The van der Waals surface area contributed by atoms with Crippen molar-refractivity contribution < 1.29 is 9.53 Å². The van der Waals surface area contributed by atoms with Crippen LogP contribution in [0.1, 0.15) is 135 Å². The topological polar surface area (TPSA) is 26.3 Å². The normalized spacial score (nSPS) is 18.1. The minimum atomic E-state index is -0.254. The number of carbonyl (C=O) groups excluding carboxylic acids is 1. The number of ether oxygens (including phenoxy) is 1. The fourth-order valence-corrected chi connectivity index (χ4v) is 5.07. The number of esters is 1. The summed E-state index contributed by atoms with van der Waals surface area (Å²) in [5.74, 6) is 0.300. The molecule has 1 atom stereocenters. The van der Waals surface area contributed by atoms with Gasteiger partial charge < -0.3 is 4.74 Å². The molecule has 2 heteroatoms. The van der Waals surface area contributed by atoms with E-state index in [9.17, 15) is 4.79 Å². The van der Waals surface area contributed by atoms with Gasteiger partial charge in [0.1, 0.15) is 5.60 Å². The van der Waals surface area contributed by atoms with Crippen LogP contribution in [0.25, 0.3) is 0 Å². The highest BCUT2D eigenvalue weighted by atomic mass is 16.6. The maximum Gasteiger partial charge on any atom is 0.338 e. The molecule has 1 aromatic carbocycles. The van der Waals surface area contributed by atoms with Gasteiger partial charge in [-0.05, 0) is 73.0 Å². The fraction of sp³-hybridized carbons (Fsp3) is 0.750. The van der Waals surface area contributed by atoms with E-state index in [0.717, 1.165) is 50.5 Å². The molecule has 1 unspecified atom stereocenters. The molecular formula is C28H46O2. The summed E-state index contributed by atoms with van der Waals surface area (Å²) in [5, 5.41) is 0. The first kappa shape index (κ1) is 25.0. The zero-order chi connectivity index (χ0) is 22.4. The predicted octanol–water partition coefficient (Wildman–Crippen LogP) is 8.69. The van der Waals surface area contributed by atoms with Gasteiger partial charge in [0.15, 0.2) is 0 Å². The number of hydrogen-bond acceptors (Lipinski definition) is 2. The van der Waals surface area contributed by atoms with Crippen LogP contribution in [0.4, 0.5) is 0 Å². The number of benzene rings is 1. The van der Waals surface area contributed by atoms with Crippen molar-refractivity contribution in [3.8, 4) is 0 Å². The molecule has 1 aliphatic rings. The molecule has 0 N–H and O–H groups in total. The van der Waals surface area contributed by atoms with Gasteiger partial charge in [-0.3, -0.25) is 0 Å². The Morgan fingerprint density at radius 2 is 1.63 bits per heavy atom. The Hall–Kier alpha value is -1.31. The van der Waals surface area contributed by atoms with E-state index < -0.39 is 0 Å². The van der Waals surface area contributed by atoms with Crippen molar-refractivity contribution in [1.82, 2.24) is 0 Å². The molecule has 0 saturated heterocycles. The number of hydrogen-bond donors (Lipinski definition) is 0. The molecule has 2 rings (SSSR count). The highest BCUT2D eigenvalue weighted by molar-refractivity contribution is 5.90. The van der Waals surface area contributed by atoms with Gasteiger partial charge in [0.25, 0.3) is 0 Å². The molecule has 170 valence electrons. The van der Waals surface area contributed by atoms with Crippen molar-refractivity contribution >= 4 is 5.97 Å². The summed E-state index contributed by atoms with van der Waals surface area (Å²) < 4.78 is 6.17. The average molecular weight is 415 g/mol. The molecule has 0 aliphatic heterocycles. The molecule has 0 heterocycles. The van der Waals surface area contributed by atoms with E-state index in [2.05, 4.69) is 66.7 Å². The molecule has 1 aliphatic carbocycles. The Kier molecular flexibility index (Phi) is 8.60. The average Bonchev–Trinajstić information content (AvgIpc) is 2.77. The van der Waals surface area contributed by atoms with Crippen molar-refractivity contribution in [2.24, 2.45) is 10.8 Å². The first-order valence-electron chi connectivity index (χ1n) is 12.5. The fourth-order valence-electron chi connectivity index (χ4n) is 5.07. The van der Waals surface area contributed by atoms with E-state index in [1.165, 1.54) is 24.8 Å². The molecule has 30 heavy (non-hydrogen) atoms. The zero-order valence-corrected chi connectivity index (χ0v) is 20.8. The van der Waals surface area contributed by atoms with Crippen LogP contribution in [0.5, 0.6) is 0 Å².